The first-order valence-corrected chi connectivity index (χ1v) is 6.97. The Balaban J connectivity index is 1.94. The van der Waals surface area contributed by atoms with Gasteiger partial charge in [0.15, 0.2) is 0 Å². The van der Waals surface area contributed by atoms with Crippen LogP contribution in [-0.2, 0) is 0 Å². The number of tetrazole rings is 1. The summed E-state index contributed by atoms with van der Waals surface area (Å²) in [7, 11) is 0. The monoisotopic (exact) mass is 291 g/mol. The predicted molar refractivity (Wildman–Crippen MR) is 72.8 cm³/mol. The minimum absolute atomic E-state index is 0.109. The summed E-state index contributed by atoms with van der Waals surface area (Å²) in [5.74, 6) is -1.03. The van der Waals surface area contributed by atoms with Crippen molar-refractivity contribution < 1.29 is 9.90 Å². The summed E-state index contributed by atoms with van der Waals surface area (Å²) in [6.45, 7) is 1.79. The zero-order chi connectivity index (χ0) is 14.3. The van der Waals surface area contributed by atoms with Gasteiger partial charge >= 0.3 is 5.97 Å². The first-order valence-electron chi connectivity index (χ1n) is 6.15. The van der Waals surface area contributed by atoms with Gasteiger partial charge in [-0.2, -0.15) is 0 Å². The second-order valence-corrected chi connectivity index (χ2v) is 5.79. The number of rotatable bonds is 4. The molecular formula is C12H13N5O2S. The summed E-state index contributed by atoms with van der Waals surface area (Å²) in [4.78, 5) is 11.9. The largest absolute Gasteiger partial charge is 0.478 e. The van der Waals surface area contributed by atoms with Crippen LogP contribution in [0.3, 0.4) is 0 Å². The third-order valence-electron chi connectivity index (χ3n) is 3.16. The van der Waals surface area contributed by atoms with E-state index in [1.54, 1.807) is 17.7 Å². The molecule has 104 valence electrons. The number of nitrogen functional groups attached to an aromatic ring is 1. The summed E-state index contributed by atoms with van der Waals surface area (Å²) in [6, 6.07) is 3.78. The van der Waals surface area contributed by atoms with Crippen molar-refractivity contribution in [3.63, 3.8) is 0 Å². The average molecular weight is 291 g/mol. The van der Waals surface area contributed by atoms with E-state index < -0.39 is 5.97 Å². The van der Waals surface area contributed by atoms with E-state index in [0.29, 0.717) is 16.9 Å². The van der Waals surface area contributed by atoms with Gasteiger partial charge in [-0.25, -0.2) is 9.48 Å². The van der Waals surface area contributed by atoms with Crippen LogP contribution in [0, 0.1) is 6.92 Å². The van der Waals surface area contributed by atoms with Gasteiger partial charge in [-0.15, -0.1) is 5.10 Å². The Morgan fingerprint density at radius 3 is 2.90 bits per heavy atom. The molecule has 1 fully saturated rings. The molecule has 2 aromatic rings. The van der Waals surface area contributed by atoms with Crippen molar-refractivity contribution in [1.29, 1.82) is 0 Å². The van der Waals surface area contributed by atoms with E-state index in [9.17, 15) is 4.79 Å². The number of carbonyl (C=O) groups is 1. The topological polar surface area (TPSA) is 107 Å². The number of nitrogens with zero attached hydrogens (tertiary/aromatic N) is 4. The molecule has 0 amide bonds. The summed E-state index contributed by atoms with van der Waals surface area (Å²) in [5, 5.41) is 21.5. The predicted octanol–water partition coefficient (Wildman–Crippen LogP) is 1.75. The van der Waals surface area contributed by atoms with Crippen molar-refractivity contribution in [2.75, 3.05) is 5.73 Å². The quantitative estimate of drug-likeness (QED) is 0.826. The second kappa shape index (κ2) is 4.78. The fourth-order valence-electron chi connectivity index (χ4n) is 1.91. The molecule has 0 unspecified atom stereocenters. The van der Waals surface area contributed by atoms with Gasteiger partial charge in [-0.1, -0.05) is 0 Å². The normalized spacial score (nSPS) is 14.4. The number of anilines is 1. The SMILES string of the molecule is Cc1cc(Sc2nnnn2C2CC2)cc(C(=O)O)c1N. The highest BCUT2D eigenvalue weighted by atomic mass is 32.2. The first kappa shape index (κ1) is 12.9. The number of benzene rings is 1. The van der Waals surface area contributed by atoms with Crippen LogP contribution in [0.1, 0.15) is 34.8 Å². The van der Waals surface area contributed by atoms with Crippen molar-refractivity contribution in [1.82, 2.24) is 20.2 Å². The third-order valence-corrected chi connectivity index (χ3v) is 4.08. The van der Waals surface area contributed by atoms with E-state index in [0.717, 1.165) is 23.3 Å². The Kier molecular flexibility index (Phi) is 3.09. The lowest BCUT2D eigenvalue weighted by molar-refractivity contribution is 0.0697. The molecule has 0 atom stereocenters. The van der Waals surface area contributed by atoms with Gasteiger partial charge in [0, 0.05) is 10.6 Å². The van der Waals surface area contributed by atoms with E-state index in [2.05, 4.69) is 15.5 Å². The highest BCUT2D eigenvalue weighted by Crippen LogP contribution is 2.38. The lowest BCUT2D eigenvalue weighted by Gasteiger charge is -2.08. The molecule has 0 radical (unpaired) electrons. The zero-order valence-electron chi connectivity index (χ0n) is 10.8. The summed E-state index contributed by atoms with van der Waals surface area (Å²) in [6.07, 6.45) is 2.17. The van der Waals surface area contributed by atoms with E-state index in [4.69, 9.17) is 10.8 Å². The Labute approximate surface area is 119 Å². The molecule has 3 rings (SSSR count). The van der Waals surface area contributed by atoms with Crippen LogP contribution in [0.15, 0.2) is 22.2 Å². The van der Waals surface area contributed by atoms with E-state index >= 15 is 0 Å². The maximum absolute atomic E-state index is 11.2. The molecule has 8 heteroatoms. The minimum atomic E-state index is -1.03. The molecule has 0 saturated heterocycles. The smallest absolute Gasteiger partial charge is 0.337 e. The lowest BCUT2D eigenvalue weighted by atomic mass is 10.1. The second-order valence-electron chi connectivity index (χ2n) is 4.75. The number of carboxylic acid groups (broad SMARTS) is 1. The molecule has 0 aliphatic heterocycles. The van der Waals surface area contributed by atoms with Gasteiger partial charge in [0.05, 0.1) is 11.6 Å². The molecular weight excluding hydrogens is 278 g/mol. The van der Waals surface area contributed by atoms with Crippen molar-refractivity contribution >= 4 is 23.4 Å². The van der Waals surface area contributed by atoms with E-state index in [-0.39, 0.29) is 5.56 Å². The van der Waals surface area contributed by atoms with Crippen LogP contribution in [0.4, 0.5) is 5.69 Å². The van der Waals surface area contributed by atoms with Crippen LogP contribution in [0.5, 0.6) is 0 Å². The van der Waals surface area contributed by atoms with Gasteiger partial charge in [-0.05, 0) is 59.7 Å². The Morgan fingerprint density at radius 1 is 1.50 bits per heavy atom. The molecule has 3 N–H and O–H groups in total. The number of aryl methyl sites for hydroxylation is 1. The number of nitrogens with two attached hydrogens (primary N) is 1. The first-order chi connectivity index (χ1) is 9.56. The lowest BCUT2D eigenvalue weighted by Crippen LogP contribution is -2.05. The van der Waals surface area contributed by atoms with Crippen molar-refractivity contribution in [3.05, 3.63) is 23.3 Å². The number of aromatic nitrogens is 4. The molecule has 1 heterocycles. The number of hydrogen-bond acceptors (Lipinski definition) is 6. The molecule has 1 aliphatic carbocycles. The van der Waals surface area contributed by atoms with Gasteiger partial charge in [0.1, 0.15) is 0 Å². The standard InChI is InChI=1S/C12H13N5O2S/c1-6-4-8(5-9(10(6)13)11(18)19)20-12-14-15-16-17(12)7-2-3-7/h4-5,7H,2-3,13H2,1H3,(H,18,19). The van der Waals surface area contributed by atoms with Crippen molar-refractivity contribution in [2.24, 2.45) is 0 Å². The fourth-order valence-corrected chi connectivity index (χ4v) is 2.89. The molecule has 0 bridgehead atoms. The molecule has 1 aliphatic rings. The number of hydrogen-bond donors (Lipinski definition) is 2. The Morgan fingerprint density at radius 2 is 2.25 bits per heavy atom. The van der Waals surface area contributed by atoms with Crippen LogP contribution in [0.2, 0.25) is 0 Å². The molecule has 0 spiro atoms. The molecule has 1 aromatic heterocycles. The van der Waals surface area contributed by atoms with Gasteiger partial charge in [-0.3, -0.25) is 0 Å². The molecule has 1 saturated carbocycles. The Hall–Kier alpha value is -2.09. The fraction of sp³-hybridized carbons (Fsp3) is 0.333. The summed E-state index contributed by atoms with van der Waals surface area (Å²) >= 11 is 1.35. The summed E-state index contributed by atoms with van der Waals surface area (Å²) in [5.41, 5.74) is 6.92. The number of carboxylic acids is 1. The minimum Gasteiger partial charge on any atom is -0.478 e. The highest BCUT2D eigenvalue weighted by Gasteiger charge is 2.28. The average Bonchev–Trinajstić information content (AvgIpc) is 3.14. The maximum Gasteiger partial charge on any atom is 0.337 e. The number of aromatic carboxylic acids is 1. The van der Waals surface area contributed by atoms with Crippen molar-refractivity contribution in [2.45, 2.75) is 35.9 Å². The summed E-state index contributed by atoms with van der Waals surface area (Å²) < 4.78 is 1.79. The zero-order valence-corrected chi connectivity index (χ0v) is 11.6. The van der Waals surface area contributed by atoms with Gasteiger partial charge < -0.3 is 10.8 Å². The van der Waals surface area contributed by atoms with Gasteiger partial charge in [0.25, 0.3) is 0 Å². The maximum atomic E-state index is 11.2. The van der Waals surface area contributed by atoms with Gasteiger partial charge in [0.2, 0.25) is 5.16 Å². The molecule has 1 aromatic carbocycles. The van der Waals surface area contributed by atoms with Crippen LogP contribution < -0.4 is 5.73 Å². The Bertz CT molecular complexity index is 680. The van der Waals surface area contributed by atoms with Crippen molar-refractivity contribution in [3.8, 4) is 0 Å². The highest BCUT2D eigenvalue weighted by molar-refractivity contribution is 7.99. The van der Waals surface area contributed by atoms with Crippen LogP contribution >= 0.6 is 11.8 Å². The third kappa shape index (κ3) is 2.34. The van der Waals surface area contributed by atoms with E-state index in [1.807, 2.05) is 6.07 Å². The van der Waals surface area contributed by atoms with Crippen LogP contribution in [-0.4, -0.2) is 31.3 Å². The van der Waals surface area contributed by atoms with Crippen LogP contribution in [0.25, 0.3) is 0 Å². The van der Waals surface area contributed by atoms with E-state index in [1.165, 1.54) is 11.8 Å². The molecule has 7 nitrogen and oxygen atoms in total. The molecule has 20 heavy (non-hydrogen) atoms.